The van der Waals surface area contributed by atoms with Gasteiger partial charge in [0.1, 0.15) is 0 Å². The molecule has 2 atom stereocenters. The molecule has 0 aromatic heterocycles. The van der Waals surface area contributed by atoms with Gasteiger partial charge in [0.05, 0.1) is 5.60 Å². The highest BCUT2D eigenvalue weighted by molar-refractivity contribution is 6.30. The van der Waals surface area contributed by atoms with Crippen LogP contribution in [0.4, 0.5) is 0 Å². The molecular weight excluding hydrogens is 298 g/mol. The van der Waals surface area contributed by atoms with Gasteiger partial charge in [-0.05, 0) is 44.4 Å². The van der Waals surface area contributed by atoms with Gasteiger partial charge in [0, 0.05) is 36.0 Å². The Labute approximate surface area is 136 Å². The van der Waals surface area contributed by atoms with E-state index in [1.54, 1.807) is 6.08 Å². The minimum atomic E-state index is -0.849. The molecule has 118 valence electrons. The zero-order valence-corrected chi connectivity index (χ0v) is 13.8. The quantitative estimate of drug-likeness (QED) is 0.845. The minimum absolute atomic E-state index is 0.0886. The maximum absolute atomic E-state index is 12.4. The van der Waals surface area contributed by atoms with Crippen molar-refractivity contribution < 1.29 is 9.90 Å². The van der Waals surface area contributed by atoms with Crippen LogP contribution in [0.15, 0.2) is 35.9 Å². The number of halogens is 1. The average Bonchev–Trinajstić information content (AvgIpc) is 2.72. The highest BCUT2D eigenvalue weighted by Gasteiger charge is 2.49. The summed E-state index contributed by atoms with van der Waals surface area (Å²) < 4.78 is 0. The number of rotatable bonds is 2. The molecule has 2 bridgehead atoms. The summed E-state index contributed by atoms with van der Waals surface area (Å²) in [6.45, 7) is 3.88. The van der Waals surface area contributed by atoms with Gasteiger partial charge in [0.15, 0.2) is 0 Å². The maximum Gasteiger partial charge on any atom is 0.246 e. The third kappa shape index (κ3) is 2.80. The van der Waals surface area contributed by atoms with E-state index in [-0.39, 0.29) is 18.0 Å². The Morgan fingerprint density at radius 3 is 2.27 bits per heavy atom. The van der Waals surface area contributed by atoms with Gasteiger partial charge in [-0.1, -0.05) is 29.3 Å². The molecule has 3 nitrogen and oxygen atoms in total. The molecule has 0 saturated carbocycles. The lowest BCUT2D eigenvalue weighted by Gasteiger charge is -2.43. The van der Waals surface area contributed by atoms with Gasteiger partial charge < -0.3 is 10.0 Å². The van der Waals surface area contributed by atoms with Gasteiger partial charge in [0.2, 0.25) is 5.91 Å². The highest BCUT2D eigenvalue weighted by atomic mass is 35.5. The van der Waals surface area contributed by atoms with Gasteiger partial charge in [-0.3, -0.25) is 4.79 Å². The zero-order chi connectivity index (χ0) is 15.9. The van der Waals surface area contributed by atoms with Crippen LogP contribution in [-0.2, 0) is 10.4 Å². The van der Waals surface area contributed by atoms with E-state index in [0.29, 0.717) is 17.9 Å². The first kappa shape index (κ1) is 15.6. The second-order valence-electron chi connectivity index (χ2n) is 6.80. The first-order valence-electron chi connectivity index (χ1n) is 7.85. The lowest BCUT2D eigenvalue weighted by molar-refractivity contribution is -0.136. The molecule has 1 aromatic carbocycles. The van der Waals surface area contributed by atoms with Crippen molar-refractivity contribution in [3.63, 3.8) is 0 Å². The van der Waals surface area contributed by atoms with E-state index in [0.717, 1.165) is 24.0 Å². The Morgan fingerprint density at radius 2 is 1.77 bits per heavy atom. The predicted molar refractivity (Wildman–Crippen MR) is 87.7 cm³/mol. The number of hydrogen-bond donors (Lipinski definition) is 1. The number of nitrogens with zero attached hydrogens (tertiary/aromatic N) is 1. The van der Waals surface area contributed by atoms with Gasteiger partial charge in [-0.2, -0.15) is 0 Å². The zero-order valence-electron chi connectivity index (χ0n) is 13.1. The molecule has 0 spiro atoms. The number of aliphatic hydroxyl groups is 1. The Morgan fingerprint density at radius 1 is 1.23 bits per heavy atom. The normalized spacial score (nSPS) is 30.3. The van der Waals surface area contributed by atoms with Crippen LogP contribution >= 0.6 is 11.6 Å². The molecule has 2 heterocycles. The third-order valence-corrected chi connectivity index (χ3v) is 5.07. The smallest absolute Gasteiger partial charge is 0.246 e. The van der Waals surface area contributed by atoms with Crippen molar-refractivity contribution in [1.82, 2.24) is 4.90 Å². The molecule has 2 aliphatic rings. The SMILES string of the molecule is CC(C)=CC(=O)N1C2CCC1CC(O)(c1ccc(Cl)cc1)C2. The summed E-state index contributed by atoms with van der Waals surface area (Å²) >= 11 is 5.94. The van der Waals surface area contributed by atoms with Gasteiger partial charge in [-0.25, -0.2) is 0 Å². The largest absolute Gasteiger partial charge is 0.385 e. The van der Waals surface area contributed by atoms with Crippen molar-refractivity contribution in [3.8, 4) is 0 Å². The number of amides is 1. The Hall–Kier alpha value is -1.32. The highest BCUT2D eigenvalue weighted by Crippen LogP contribution is 2.45. The molecule has 4 heteroatoms. The topological polar surface area (TPSA) is 40.5 Å². The molecule has 2 saturated heterocycles. The molecule has 1 N–H and O–H groups in total. The molecule has 22 heavy (non-hydrogen) atoms. The number of fused-ring (bicyclic) bond motifs is 2. The third-order valence-electron chi connectivity index (χ3n) is 4.81. The van der Waals surface area contributed by atoms with Gasteiger partial charge >= 0.3 is 0 Å². The standard InChI is InChI=1S/C18H22ClNO2/c1-12(2)9-17(21)20-15-7-8-16(20)11-18(22,10-15)13-3-5-14(19)6-4-13/h3-6,9,15-16,22H,7-8,10-11H2,1-2H3. The monoisotopic (exact) mass is 319 g/mol. The fourth-order valence-corrected chi connectivity index (χ4v) is 4.03. The Bertz CT molecular complexity index is 590. The average molecular weight is 320 g/mol. The van der Waals surface area contributed by atoms with Crippen LogP contribution in [-0.4, -0.2) is 28.0 Å². The molecule has 2 unspecified atom stereocenters. The van der Waals surface area contributed by atoms with Crippen molar-refractivity contribution in [3.05, 3.63) is 46.5 Å². The van der Waals surface area contributed by atoms with Crippen LogP contribution in [0.25, 0.3) is 0 Å². The second-order valence-corrected chi connectivity index (χ2v) is 7.24. The van der Waals surface area contributed by atoms with Crippen LogP contribution in [0, 0.1) is 0 Å². The number of benzene rings is 1. The summed E-state index contributed by atoms with van der Waals surface area (Å²) in [6, 6.07) is 7.68. The van der Waals surface area contributed by atoms with E-state index < -0.39 is 5.60 Å². The Kier molecular flexibility index (Phi) is 4.04. The lowest BCUT2D eigenvalue weighted by Crippen LogP contribution is -2.51. The van der Waals surface area contributed by atoms with Crippen LogP contribution in [0.5, 0.6) is 0 Å². The lowest BCUT2D eigenvalue weighted by atomic mass is 9.80. The van der Waals surface area contributed by atoms with E-state index in [1.165, 1.54) is 0 Å². The van der Waals surface area contributed by atoms with E-state index in [9.17, 15) is 9.90 Å². The first-order chi connectivity index (χ1) is 10.4. The van der Waals surface area contributed by atoms with E-state index in [2.05, 4.69) is 0 Å². The van der Waals surface area contributed by atoms with Crippen molar-refractivity contribution in [1.29, 1.82) is 0 Å². The van der Waals surface area contributed by atoms with Crippen molar-refractivity contribution in [2.75, 3.05) is 0 Å². The summed E-state index contributed by atoms with van der Waals surface area (Å²) in [5.74, 6) is 0.0886. The van der Waals surface area contributed by atoms with E-state index in [1.807, 2.05) is 43.0 Å². The predicted octanol–water partition coefficient (Wildman–Crippen LogP) is 3.65. The molecule has 2 fully saturated rings. The number of piperidine rings is 1. The second kappa shape index (κ2) is 5.71. The number of allylic oxidation sites excluding steroid dienone is 1. The summed E-state index contributed by atoms with van der Waals surface area (Å²) in [5, 5.41) is 11.8. The van der Waals surface area contributed by atoms with E-state index in [4.69, 9.17) is 11.6 Å². The molecule has 1 aromatic rings. The molecule has 3 rings (SSSR count). The number of carbonyl (C=O) groups is 1. The van der Waals surface area contributed by atoms with Gasteiger partial charge in [-0.15, -0.1) is 0 Å². The van der Waals surface area contributed by atoms with Crippen molar-refractivity contribution >= 4 is 17.5 Å². The van der Waals surface area contributed by atoms with Crippen LogP contribution in [0.3, 0.4) is 0 Å². The Balaban J connectivity index is 1.84. The molecule has 0 aliphatic carbocycles. The number of carbonyl (C=O) groups excluding carboxylic acids is 1. The van der Waals surface area contributed by atoms with Crippen molar-refractivity contribution in [2.45, 2.75) is 57.2 Å². The summed E-state index contributed by atoms with van der Waals surface area (Å²) in [4.78, 5) is 14.4. The van der Waals surface area contributed by atoms with Crippen molar-refractivity contribution in [2.24, 2.45) is 0 Å². The summed E-state index contributed by atoms with van der Waals surface area (Å²) in [6.07, 6.45) is 4.87. The fourth-order valence-electron chi connectivity index (χ4n) is 3.90. The maximum atomic E-state index is 12.4. The number of hydrogen-bond acceptors (Lipinski definition) is 2. The van der Waals surface area contributed by atoms with E-state index >= 15 is 0 Å². The fraction of sp³-hybridized carbons (Fsp3) is 0.500. The summed E-state index contributed by atoms with van der Waals surface area (Å²) in [7, 11) is 0. The van der Waals surface area contributed by atoms with Crippen LogP contribution < -0.4 is 0 Å². The van der Waals surface area contributed by atoms with Crippen LogP contribution in [0.1, 0.15) is 45.1 Å². The molecule has 2 aliphatic heterocycles. The summed E-state index contributed by atoms with van der Waals surface area (Å²) in [5.41, 5.74) is 1.07. The van der Waals surface area contributed by atoms with Crippen LogP contribution in [0.2, 0.25) is 5.02 Å². The van der Waals surface area contributed by atoms with Gasteiger partial charge in [0.25, 0.3) is 0 Å². The molecule has 1 amide bonds. The molecule has 0 radical (unpaired) electrons. The first-order valence-corrected chi connectivity index (χ1v) is 8.22. The minimum Gasteiger partial charge on any atom is -0.385 e. The molecular formula is C18H22ClNO2.